The maximum absolute atomic E-state index is 12.2. The van der Waals surface area contributed by atoms with Crippen LogP contribution in [0.3, 0.4) is 0 Å². The fourth-order valence-electron chi connectivity index (χ4n) is 2.31. The minimum absolute atomic E-state index is 0.0730. The monoisotopic (exact) mass is 348 g/mol. The Balaban J connectivity index is 2.58. The van der Waals surface area contributed by atoms with Crippen LogP contribution in [0, 0.1) is 0 Å². The fraction of sp³-hybridized carbons (Fsp3) is 0.500. The lowest BCUT2D eigenvalue weighted by molar-refractivity contribution is -0.127. The van der Waals surface area contributed by atoms with Crippen molar-refractivity contribution in [2.24, 2.45) is 0 Å². The van der Waals surface area contributed by atoms with Gasteiger partial charge in [0.15, 0.2) is 0 Å². The number of benzene rings is 1. The number of carbonyl (C=O) groups is 3. The number of anilines is 2. The lowest BCUT2D eigenvalue weighted by Gasteiger charge is -2.26. The number of amides is 3. The van der Waals surface area contributed by atoms with E-state index in [1.807, 2.05) is 18.7 Å². The molecule has 0 heterocycles. The van der Waals surface area contributed by atoms with E-state index in [2.05, 4.69) is 16.0 Å². The van der Waals surface area contributed by atoms with Gasteiger partial charge in [0.25, 0.3) is 0 Å². The Bertz CT molecular complexity index is 586. The molecule has 1 rings (SSSR count). The van der Waals surface area contributed by atoms with Gasteiger partial charge in [-0.1, -0.05) is 13.8 Å². The summed E-state index contributed by atoms with van der Waals surface area (Å²) in [5.74, 6) is -0.411. The van der Waals surface area contributed by atoms with E-state index in [0.29, 0.717) is 24.5 Å². The van der Waals surface area contributed by atoms with Gasteiger partial charge >= 0.3 is 0 Å². The second-order valence-corrected chi connectivity index (χ2v) is 5.84. The van der Waals surface area contributed by atoms with E-state index in [9.17, 15) is 14.4 Å². The molecular formula is C18H28N4O3. The highest BCUT2D eigenvalue weighted by Gasteiger charge is 2.21. The highest BCUT2D eigenvalue weighted by Crippen LogP contribution is 2.13. The third kappa shape index (κ3) is 7.34. The molecule has 1 unspecified atom stereocenters. The van der Waals surface area contributed by atoms with Crippen molar-refractivity contribution >= 4 is 29.1 Å². The number of nitrogens with zero attached hydrogens (tertiary/aromatic N) is 1. The molecule has 0 bridgehead atoms. The van der Waals surface area contributed by atoms with Gasteiger partial charge < -0.3 is 16.0 Å². The Morgan fingerprint density at radius 1 is 1.04 bits per heavy atom. The van der Waals surface area contributed by atoms with Crippen LogP contribution in [-0.4, -0.2) is 48.3 Å². The van der Waals surface area contributed by atoms with Crippen LogP contribution < -0.4 is 16.0 Å². The summed E-state index contributed by atoms with van der Waals surface area (Å²) in [6.45, 7) is 8.50. The molecule has 0 spiro atoms. The summed E-state index contributed by atoms with van der Waals surface area (Å²) in [7, 11) is 0. The Morgan fingerprint density at radius 2 is 1.60 bits per heavy atom. The van der Waals surface area contributed by atoms with Crippen molar-refractivity contribution in [3.63, 3.8) is 0 Å². The quantitative estimate of drug-likeness (QED) is 0.635. The summed E-state index contributed by atoms with van der Waals surface area (Å²) in [5.41, 5.74) is 1.31. The van der Waals surface area contributed by atoms with Crippen molar-refractivity contribution in [2.75, 3.05) is 30.3 Å². The third-order valence-electron chi connectivity index (χ3n) is 3.72. The molecule has 25 heavy (non-hydrogen) atoms. The van der Waals surface area contributed by atoms with Gasteiger partial charge in [-0.2, -0.15) is 0 Å². The zero-order valence-corrected chi connectivity index (χ0v) is 15.4. The molecule has 1 atom stereocenters. The van der Waals surface area contributed by atoms with Crippen molar-refractivity contribution in [2.45, 2.75) is 40.2 Å². The fourth-order valence-corrected chi connectivity index (χ4v) is 2.31. The molecule has 0 aliphatic heterocycles. The van der Waals surface area contributed by atoms with Gasteiger partial charge in [0.05, 0.1) is 12.6 Å². The van der Waals surface area contributed by atoms with Crippen LogP contribution in [0.15, 0.2) is 24.3 Å². The molecule has 3 amide bonds. The van der Waals surface area contributed by atoms with Crippen LogP contribution in [-0.2, 0) is 14.4 Å². The first-order valence-corrected chi connectivity index (χ1v) is 8.56. The van der Waals surface area contributed by atoms with E-state index in [0.717, 1.165) is 6.42 Å². The predicted molar refractivity (Wildman–Crippen MR) is 99.4 cm³/mol. The normalized spacial score (nSPS) is 11.7. The summed E-state index contributed by atoms with van der Waals surface area (Å²) in [4.78, 5) is 37.1. The first-order chi connectivity index (χ1) is 11.9. The molecule has 0 saturated carbocycles. The summed E-state index contributed by atoms with van der Waals surface area (Å²) in [6, 6.07) is 6.50. The van der Waals surface area contributed by atoms with Gasteiger partial charge in [0.1, 0.15) is 0 Å². The Hall–Kier alpha value is -2.41. The van der Waals surface area contributed by atoms with Crippen molar-refractivity contribution in [3.8, 4) is 0 Å². The standard InChI is InChI=1S/C18H28N4O3/c1-5-11-19-18(25)13(3)22(6-2)12-17(24)21-16-9-7-15(8-10-16)20-14(4)23/h7-10,13H,5-6,11-12H2,1-4H3,(H,19,25)(H,20,23)(H,21,24). The number of hydrogen-bond acceptors (Lipinski definition) is 4. The molecule has 0 saturated heterocycles. The average Bonchev–Trinajstić information content (AvgIpc) is 2.58. The van der Waals surface area contributed by atoms with Gasteiger partial charge in [-0.25, -0.2) is 0 Å². The second kappa shape index (κ2) is 10.5. The molecule has 7 nitrogen and oxygen atoms in total. The topological polar surface area (TPSA) is 90.5 Å². The molecule has 138 valence electrons. The van der Waals surface area contributed by atoms with E-state index in [-0.39, 0.29) is 30.3 Å². The lowest BCUT2D eigenvalue weighted by atomic mass is 10.2. The van der Waals surface area contributed by atoms with Crippen LogP contribution in [0.25, 0.3) is 0 Å². The lowest BCUT2D eigenvalue weighted by Crippen LogP contribution is -2.48. The molecule has 1 aromatic rings. The molecule has 3 N–H and O–H groups in total. The molecule has 1 aromatic carbocycles. The SMILES string of the molecule is CCCNC(=O)C(C)N(CC)CC(=O)Nc1ccc(NC(C)=O)cc1. The second-order valence-electron chi connectivity index (χ2n) is 5.84. The maximum atomic E-state index is 12.2. The van der Waals surface area contributed by atoms with Gasteiger partial charge in [-0.05, 0) is 44.2 Å². The molecule has 0 aliphatic carbocycles. The van der Waals surface area contributed by atoms with Crippen molar-refractivity contribution in [1.29, 1.82) is 0 Å². The number of carbonyl (C=O) groups excluding carboxylic acids is 3. The molecular weight excluding hydrogens is 320 g/mol. The maximum Gasteiger partial charge on any atom is 0.238 e. The van der Waals surface area contributed by atoms with Gasteiger partial charge in [-0.15, -0.1) is 0 Å². The van der Waals surface area contributed by atoms with Crippen LogP contribution >= 0.6 is 0 Å². The van der Waals surface area contributed by atoms with Crippen LogP contribution in [0.5, 0.6) is 0 Å². The molecule has 7 heteroatoms. The number of hydrogen-bond donors (Lipinski definition) is 3. The molecule has 0 aliphatic rings. The summed E-state index contributed by atoms with van der Waals surface area (Å²) in [6.07, 6.45) is 0.875. The number of rotatable bonds is 9. The zero-order chi connectivity index (χ0) is 18.8. The minimum atomic E-state index is -0.371. The zero-order valence-electron chi connectivity index (χ0n) is 15.4. The largest absolute Gasteiger partial charge is 0.355 e. The van der Waals surface area contributed by atoms with Crippen molar-refractivity contribution < 1.29 is 14.4 Å². The van der Waals surface area contributed by atoms with E-state index in [1.54, 1.807) is 31.2 Å². The van der Waals surface area contributed by atoms with E-state index >= 15 is 0 Å². The van der Waals surface area contributed by atoms with E-state index in [1.165, 1.54) is 6.92 Å². The van der Waals surface area contributed by atoms with Gasteiger partial charge in [-0.3, -0.25) is 19.3 Å². The number of likely N-dealkylation sites (N-methyl/N-ethyl adjacent to an activating group) is 1. The van der Waals surface area contributed by atoms with Crippen LogP contribution in [0.2, 0.25) is 0 Å². The van der Waals surface area contributed by atoms with Crippen LogP contribution in [0.4, 0.5) is 11.4 Å². The van der Waals surface area contributed by atoms with Crippen molar-refractivity contribution in [1.82, 2.24) is 10.2 Å². The summed E-state index contributed by atoms with van der Waals surface area (Å²) < 4.78 is 0. The van der Waals surface area contributed by atoms with Gasteiger partial charge in [0.2, 0.25) is 17.7 Å². The average molecular weight is 348 g/mol. The molecule has 0 radical (unpaired) electrons. The smallest absolute Gasteiger partial charge is 0.238 e. The Kier molecular flexibility index (Phi) is 8.63. The summed E-state index contributed by atoms with van der Waals surface area (Å²) >= 11 is 0. The third-order valence-corrected chi connectivity index (χ3v) is 3.72. The van der Waals surface area contributed by atoms with Crippen LogP contribution in [0.1, 0.15) is 34.1 Å². The highest BCUT2D eigenvalue weighted by atomic mass is 16.2. The minimum Gasteiger partial charge on any atom is -0.355 e. The number of nitrogens with one attached hydrogen (secondary N) is 3. The first kappa shape index (κ1) is 20.6. The van der Waals surface area contributed by atoms with E-state index in [4.69, 9.17) is 0 Å². The predicted octanol–water partition coefficient (Wildman–Crippen LogP) is 1.82. The first-order valence-electron chi connectivity index (χ1n) is 8.56. The highest BCUT2D eigenvalue weighted by molar-refractivity contribution is 5.93. The summed E-state index contributed by atoms with van der Waals surface area (Å²) in [5, 5.41) is 8.31. The van der Waals surface area contributed by atoms with Gasteiger partial charge in [0, 0.05) is 24.8 Å². The Labute approximate surface area is 149 Å². The van der Waals surface area contributed by atoms with E-state index < -0.39 is 0 Å². The molecule has 0 aromatic heterocycles. The van der Waals surface area contributed by atoms with Crippen molar-refractivity contribution in [3.05, 3.63) is 24.3 Å². The Morgan fingerprint density at radius 3 is 2.08 bits per heavy atom. The molecule has 0 fully saturated rings.